The number of hydrogen-bond acceptors (Lipinski definition) is 5. The van der Waals surface area contributed by atoms with Crippen molar-refractivity contribution in [2.75, 3.05) is 13.1 Å². The molecule has 4 heterocycles. The molecule has 3 aliphatic rings. The number of carbonyl (C=O) groups is 1. The van der Waals surface area contributed by atoms with E-state index in [0.717, 1.165) is 12.8 Å². The molecule has 3 fully saturated rings. The number of carbonyl (C=O) groups excluding carboxylic acids is 1. The van der Waals surface area contributed by atoms with Crippen LogP contribution >= 0.6 is 0 Å². The van der Waals surface area contributed by atoms with Gasteiger partial charge in [0.1, 0.15) is 0 Å². The van der Waals surface area contributed by atoms with E-state index in [0.29, 0.717) is 36.1 Å². The largest absolute Gasteiger partial charge is 0.471 e. The van der Waals surface area contributed by atoms with Gasteiger partial charge < -0.3 is 14.2 Å². The van der Waals surface area contributed by atoms with Crippen LogP contribution in [-0.2, 0) is 10.9 Å². The Morgan fingerprint density at radius 1 is 1.07 bits per heavy atom. The van der Waals surface area contributed by atoms with E-state index in [1.165, 1.54) is 12.1 Å². The minimum absolute atomic E-state index is 0.0700. The maximum absolute atomic E-state index is 12.8. The molecular weight excluding hydrogens is 363 g/mol. The topological polar surface area (TPSA) is 68.5 Å². The van der Waals surface area contributed by atoms with Gasteiger partial charge in [0.25, 0.3) is 5.91 Å². The van der Waals surface area contributed by atoms with Gasteiger partial charge in [0, 0.05) is 36.1 Å². The van der Waals surface area contributed by atoms with Gasteiger partial charge in [0.05, 0.1) is 12.2 Å². The molecule has 0 radical (unpaired) electrons. The number of likely N-dealkylation sites (tertiary alicyclic amines) is 1. The third-order valence-corrected chi connectivity index (χ3v) is 5.80. The molecule has 6 nitrogen and oxygen atoms in total. The number of fused-ring (bicyclic) bond motifs is 5. The van der Waals surface area contributed by atoms with Crippen LogP contribution in [-0.4, -0.2) is 46.2 Å². The van der Waals surface area contributed by atoms with Gasteiger partial charge in [-0.25, -0.2) is 0 Å². The van der Waals surface area contributed by atoms with Crippen LogP contribution in [0.2, 0.25) is 0 Å². The summed E-state index contributed by atoms with van der Waals surface area (Å²) in [6.07, 6.45) is -1.97. The SMILES string of the molecule is O=C(c1ccc(-c2noc(C(F)(F)F)n2)cc1)N1C[C@@H]2[C@H](C1)[C@H]1CC[C@H]2O1. The molecule has 3 saturated heterocycles. The van der Waals surface area contributed by atoms with E-state index in [9.17, 15) is 18.0 Å². The van der Waals surface area contributed by atoms with Crippen LogP contribution in [0.1, 0.15) is 29.1 Å². The Morgan fingerprint density at radius 2 is 1.70 bits per heavy atom. The van der Waals surface area contributed by atoms with E-state index in [1.807, 2.05) is 4.90 Å². The first-order valence-electron chi connectivity index (χ1n) is 8.86. The molecule has 4 atom stereocenters. The molecule has 27 heavy (non-hydrogen) atoms. The molecule has 0 aliphatic carbocycles. The van der Waals surface area contributed by atoms with Crippen molar-refractivity contribution in [3.8, 4) is 11.4 Å². The molecule has 9 heteroatoms. The first kappa shape index (κ1) is 16.7. The van der Waals surface area contributed by atoms with Crippen molar-refractivity contribution in [3.63, 3.8) is 0 Å². The van der Waals surface area contributed by atoms with Crippen LogP contribution in [0.5, 0.6) is 0 Å². The second-order valence-corrected chi connectivity index (χ2v) is 7.33. The Hall–Kier alpha value is -2.42. The first-order chi connectivity index (χ1) is 12.9. The predicted molar refractivity (Wildman–Crippen MR) is 85.5 cm³/mol. The zero-order chi connectivity index (χ0) is 18.8. The van der Waals surface area contributed by atoms with Crippen molar-refractivity contribution >= 4 is 5.91 Å². The Morgan fingerprint density at radius 3 is 2.26 bits per heavy atom. The third-order valence-electron chi connectivity index (χ3n) is 5.80. The summed E-state index contributed by atoms with van der Waals surface area (Å²) >= 11 is 0. The third kappa shape index (κ3) is 2.72. The molecule has 2 bridgehead atoms. The highest BCUT2D eigenvalue weighted by molar-refractivity contribution is 5.94. The number of alkyl halides is 3. The minimum Gasteiger partial charge on any atom is -0.374 e. The average molecular weight is 379 g/mol. The second-order valence-electron chi connectivity index (χ2n) is 7.33. The molecule has 1 aromatic carbocycles. The average Bonchev–Trinajstić information content (AvgIpc) is 3.42. The quantitative estimate of drug-likeness (QED) is 0.802. The van der Waals surface area contributed by atoms with Crippen LogP contribution in [0, 0.1) is 11.8 Å². The zero-order valence-corrected chi connectivity index (χ0v) is 14.1. The van der Waals surface area contributed by atoms with Gasteiger partial charge in [-0.3, -0.25) is 4.79 Å². The van der Waals surface area contributed by atoms with E-state index in [-0.39, 0.29) is 23.9 Å². The maximum Gasteiger partial charge on any atom is 0.471 e. The molecule has 142 valence electrons. The van der Waals surface area contributed by atoms with E-state index in [1.54, 1.807) is 12.1 Å². The number of nitrogens with zero attached hydrogens (tertiary/aromatic N) is 3. The Labute approximate surface area is 152 Å². The summed E-state index contributed by atoms with van der Waals surface area (Å²) in [5.74, 6) is -0.775. The molecule has 1 amide bonds. The lowest BCUT2D eigenvalue weighted by molar-refractivity contribution is -0.159. The molecule has 0 saturated carbocycles. The number of ether oxygens (including phenoxy) is 1. The molecule has 0 unspecified atom stereocenters. The fraction of sp³-hybridized carbons (Fsp3) is 0.500. The van der Waals surface area contributed by atoms with Gasteiger partial charge in [-0.1, -0.05) is 17.3 Å². The maximum atomic E-state index is 12.8. The monoisotopic (exact) mass is 379 g/mol. The second kappa shape index (κ2) is 5.79. The molecular formula is C18H16F3N3O3. The van der Waals surface area contributed by atoms with E-state index in [4.69, 9.17) is 4.74 Å². The Kier molecular flexibility index (Phi) is 3.59. The summed E-state index contributed by atoms with van der Waals surface area (Å²) in [5, 5.41) is 3.35. The van der Waals surface area contributed by atoms with Crippen molar-refractivity contribution < 1.29 is 27.2 Å². The lowest BCUT2D eigenvalue weighted by Gasteiger charge is -2.19. The highest BCUT2D eigenvalue weighted by Gasteiger charge is 2.53. The van der Waals surface area contributed by atoms with Crippen LogP contribution in [0.4, 0.5) is 13.2 Å². The lowest BCUT2D eigenvalue weighted by Crippen LogP contribution is -2.31. The summed E-state index contributed by atoms with van der Waals surface area (Å²) in [7, 11) is 0. The Bertz CT molecular complexity index is 862. The molecule has 0 N–H and O–H groups in total. The van der Waals surface area contributed by atoms with Crippen molar-refractivity contribution in [2.24, 2.45) is 11.8 Å². The van der Waals surface area contributed by atoms with Crippen LogP contribution in [0.3, 0.4) is 0 Å². The van der Waals surface area contributed by atoms with Crippen molar-refractivity contribution in [1.82, 2.24) is 15.0 Å². The van der Waals surface area contributed by atoms with Gasteiger partial charge in [0.15, 0.2) is 0 Å². The van der Waals surface area contributed by atoms with E-state index >= 15 is 0 Å². The highest BCUT2D eigenvalue weighted by Crippen LogP contribution is 2.47. The van der Waals surface area contributed by atoms with Crippen molar-refractivity contribution in [2.45, 2.75) is 31.2 Å². The number of halogens is 3. The Balaban J connectivity index is 1.31. The molecule has 0 spiro atoms. The molecule has 3 aliphatic heterocycles. The number of benzene rings is 1. The number of amides is 1. The zero-order valence-electron chi connectivity index (χ0n) is 14.1. The number of rotatable bonds is 2. The van der Waals surface area contributed by atoms with E-state index < -0.39 is 12.1 Å². The summed E-state index contributed by atoms with van der Waals surface area (Å²) in [6, 6.07) is 6.23. The summed E-state index contributed by atoms with van der Waals surface area (Å²) in [6.45, 7) is 1.40. The van der Waals surface area contributed by atoms with Crippen molar-refractivity contribution in [3.05, 3.63) is 35.7 Å². The first-order valence-corrected chi connectivity index (χ1v) is 8.86. The standard InChI is InChI=1S/C18H16F3N3O3/c19-18(20,21)17-22-15(23-27-17)9-1-3-10(4-2-9)16(25)24-7-11-12(8-24)14-6-5-13(11)26-14/h1-4,11-14H,5-8H2/t11-,12+,13-,14-/m1/s1. The van der Waals surface area contributed by atoms with Gasteiger partial charge >= 0.3 is 12.1 Å². The molecule has 2 aromatic rings. The van der Waals surface area contributed by atoms with Gasteiger partial charge in [-0.15, -0.1) is 0 Å². The minimum atomic E-state index is -4.68. The van der Waals surface area contributed by atoms with Crippen LogP contribution in [0.25, 0.3) is 11.4 Å². The number of hydrogen-bond donors (Lipinski definition) is 0. The van der Waals surface area contributed by atoms with Crippen LogP contribution in [0.15, 0.2) is 28.8 Å². The lowest BCUT2D eigenvalue weighted by atomic mass is 9.82. The van der Waals surface area contributed by atoms with Gasteiger partial charge in [-0.05, 0) is 25.0 Å². The highest BCUT2D eigenvalue weighted by atomic mass is 19.4. The van der Waals surface area contributed by atoms with Gasteiger partial charge in [-0.2, -0.15) is 18.2 Å². The summed E-state index contributed by atoms with van der Waals surface area (Å²) in [4.78, 5) is 18.0. The van der Waals surface area contributed by atoms with Crippen LogP contribution < -0.4 is 0 Å². The predicted octanol–water partition coefficient (Wildman–Crippen LogP) is 3.00. The molecule has 1 aromatic heterocycles. The fourth-order valence-electron chi connectivity index (χ4n) is 4.53. The summed E-state index contributed by atoms with van der Waals surface area (Å²) in [5.41, 5.74) is 0.849. The normalized spacial score (nSPS) is 29.4. The smallest absolute Gasteiger partial charge is 0.374 e. The molecule has 5 rings (SSSR count). The van der Waals surface area contributed by atoms with E-state index in [2.05, 4.69) is 14.7 Å². The fourth-order valence-corrected chi connectivity index (χ4v) is 4.53. The summed E-state index contributed by atoms with van der Waals surface area (Å²) < 4.78 is 47.8. The van der Waals surface area contributed by atoms with Crippen molar-refractivity contribution in [1.29, 1.82) is 0 Å². The number of aromatic nitrogens is 2. The van der Waals surface area contributed by atoms with Gasteiger partial charge in [0.2, 0.25) is 5.82 Å².